The minimum atomic E-state index is -3.83. The summed E-state index contributed by atoms with van der Waals surface area (Å²) in [4.78, 5) is 0.129. The van der Waals surface area contributed by atoms with Gasteiger partial charge in [0.15, 0.2) is 5.65 Å². The summed E-state index contributed by atoms with van der Waals surface area (Å²) < 4.78 is 36.0. The highest BCUT2D eigenvalue weighted by molar-refractivity contribution is 7.92. The fourth-order valence-electron chi connectivity index (χ4n) is 3.17. The molecule has 0 fully saturated rings. The number of anilines is 1. The van der Waals surface area contributed by atoms with Crippen molar-refractivity contribution in [1.29, 1.82) is 0 Å². The van der Waals surface area contributed by atoms with E-state index in [2.05, 4.69) is 20.0 Å². The maximum atomic E-state index is 13.1. The molecule has 4 rings (SSSR count). The van der Waals surface area contributed by atoms with Gasteiger partial charge in [0.05, 0.1) is 12.3 Å². The van der Waals surface area contributed by atoms with Crippen LogP contribution in [0.25, 0.3) is 16.9 Å². The van der Waals surface area contributed by atoms with E-state index < -0.39 is 10.0 Å². The Morgan fingerprint density at radius 1 is 1.06 bits per heavy atom. The highest BCUT2D eigenvalue weighted by Crippen LogP contribution is 2.30. The number of fused-ring (bicyclic) bond motifs is 1. The molecule has 2 heterocycles. The summed E-state index contributed by atoms with van der Waals surface area (Å²) in [5, 5.41) is 12.2. The number of aromatic nitrogens is 4. The third kappa shape index (κ3) is 4.36. The van der Waals surface area contributed by atoms with Crippen molar-refractivity contribution in [3.8, 4) is 17.0 Å². The zero-order valence-electron chi connectivity index (χ0n) is 17.5. The Morgan fingerprint density at radius 2 is 1.84 bits per heavy atom. The lowest BCUT2D eigenvalue weighted by atomic mass is 10.0. The van der Waals surface area contributed by atoms with E-state index in [0.29, 0.717) is 23.7 Å². The Hall–Kier alpha value is -3.46. The first-order valence-corrected chi connectivity index (χ1v) is 11.4. The summed E-state index contributed by atoms with van der Waals surface area (Å²) in [7, 11) is -3.83. The Kier molecular flexibility index (Phi) is 5.60. The fraction of sp³-hybridized carbons (Fsp3) is 0.227. The van der Waals surface area contributed by atoms with Crippen molar-refractivity contribution in [3.63, 3.8) is 0 Å². The minimum Gasteiger partial charge on any atom is -0.492 e. The molecule has 4 aromatic rings. The van der Waals surface area contributed by atoms with Crippen LogP contribution in [-0.2, 0) is 10.0 Å². The molecule has 0 atom stereocenters. The summed E-state index contributed by atoms with van der Waals surface area (Å²) >= 11 is 0. The maximum absolute atomic E-state index is 13.1. The molecule has 0 spiro atoms. The van der Waals surface area contributed by atoms with Crippen LogP contribution in [0.4, 0.5) is 5.69 Å². The average Bonchev–Trinajstić information content (AvgIpc) is 3.22. The molecular weight excluding hydrogens is 414 g/mol. The summed E-state index contributed by atoms with van der Waals surface area (Å²) in [6.07, 6.45) is 1.53. The molecule has 1 N–H and O–H groups in total. The lowest BCUT2D eigenvalue weighted by molar-refractivity contribution is 0.331. The standard InChI is InChI=1S/C22H23N5O3S/c1-4-30-20-11-7-17(15(2)3)13-21(20)31(28,29)26-18-8-5-16(6-9-18)19-10-12-22-24-23-14-27(22)25-19/h5-15,26H,4H2,1-3H3. The molecule has 0 aliphatic carbocycles. The molecule has 0 unspecified atom stereocenters. The van der Waals surface area contributed by atoms with Gasteiger partial charge < -0.3 is 4.74 Å². The van der Waals surface area contributed by atoms with E-state index in [-0.39, 0.29) is 10.8 Å². The molecular formula is C22H23N5O3S. The minimum absolute atomic E-state index is 0.129. The van der Waals surface area contributed by atoms with Crippen LogP contribution in [0.2, 0.25) is 0 Å². The van der Waals surface area contributed by atoms with Gasteiger partial charge in [-0.05, 0) is 54.8 Å². The van der Waals surface area contributed by atoms with Gasteiger partial charge in [0.25, 0.3) is 10.0 Å². The zero-order chi connectivity index (χ0) is 22.0. The monoisotopic (exact) mass is 437 g/mol. The molecule has 0 bridgehead atoms. The highest BCUT2D eigenvalue weighted by atomic mass is 32.2. The van der Waals surface area contributed by atoms with Crippen LogP contribution in [0.5, 0.6) is 5.75 Å². The van der Waals surface area contributed by atoms with Gasteiger partial charge in [0.1, 0.15) is 17.0 Å². The van der Waals surface area contributed by atoms with Crippen LogP contribution in [-0.4, -0.2) is 34.8 Å². The van der Waals surface area contributed by atoms with Crippen molar-refractivity contribution < 1.29 is 13.2 Å². The number of benzene rings is 2. The molecule has 0 amide bonds. The first-order valence-electron chi connectivity index (χ1n) is 9.94. The Balaban J connectivity index is 1.62. The van der Waals surface area contributed by atoms with E-state index in [0.717, 1.165) is 16.8 Å². The highest BCUT2D eigenvalue weighted by Gasteiger charge is 2.21. The van der Waals surface area contributed by atoms with Gasteiger partial charge in [-0.1, -0.05) is 32.0 Å². The summed E-state index contributed by atoms with van der Waals surface area (Å²) in [6.45, 7) is 6.24. The normalized spacial score (nSPS) is 11.7. The van der Waals surface area contributed by atoms with E-state index >= 15 is 0 Å². The van der Waals surface area contributed by atoms with E-state index in [1.54, 1.807) is 28.8 Å². The number of hydrogen-bond donors (Lipinski definition) is 1. The van der Waals surface area contributed by atoms with E-state index in [1.165, 1.54) is 6.33 Å². The lowest BCUT2D eigenvalue weighted by Gasteiger charge is -2.15. The first-order chi connectivity index (χ1) is 14.9. The lowest BCUT2D eigenvalue weighted by Crippen LogP contribution is -2.15. The number of sulfonamides is 1. The fourth-order valence-corrected chi connectivity index (χ4v) is 4.41. The number of rotatable bonds is 7. The summed E-state index contributed by atoms with van der Waals surface area (Å²) in [5.74, 6) is 0.530. The van der Waals surface area contributed by atoms with Gasteiger partial charge >= 0.3 is 0 Å². The molecule has 2 aromatic carbocycles. The molecule has 0 saturated heterocycles. The van der Waals surface area contributed by atoms with Crippen molar-refractivity contribution in [2.75, 3.05) is 11.3 Å². The van der Waals surface area contributed by atoms with Crippen molar-refractivity contribution in [2.24, 2.45) is 0 Å². The topological polar surface area (TPSA) is 98.5 Å². The first kappa shape index (κ1) is 20.8. The number of hydrogen-bond acceptors (Lipinski definition) is 6. The van der Waals surface area contributed by atoms with Gasteiger partial charge in [-0.15, -0.1) is 10.2 Å². The molecule has 9 heteroatoms. The van der Waals surface area contributed by atoms with Crippen LogP contribution < -0.4 is 9.46 Å². The molecule has 0 saturated carbocycles. The molecule has 0 aliphatic heterocycles. The Bertz CT molecular complexity index is 1310. The zero-order valence-corrected chi connectivity index (χ0v) is 18.3. The quantitative estimate of drug-likeness (QED) is 0.467. The third-order valence-corrected chi connectivity index (χ3v) is 6.22. The van der Waals surface area contributed by atoms with Crippen LogP contribution >= 0.6 is 0 Å². The Labute approximate surface area is 181 Å². The second-order valence-corrected chi connectivity index (χ2v) is 8.98. The SMILES string of the molecule is CCOc1ccc(C(C)C)cc1S(=O)(=O)Nc1ccc(-c2ccc3nncn3n2)cc1. The number of nitrogens with zero attached hydrogens (tertiary/aromatic N) is 4. The van der Waals surface area contributed by atoms with Crippen molar-refractivity contribution in [1.82, 2.24) is 19.8 Å². The number of ether oxygens (including phenoxy) is 1. The van der Waals surface area contributed by atoms with Gasteiger partial charge in [0, 0.05) is 11.3 Å². The van der Waals surface area contributed by atoms with Crippen molar-refractivity contribution >= 4 is 21.4 Å². The van der Waals surface area contributed by atoms with Crippen LogP contribution in [0.15, 0.2) is 65.8 Å². The maximum Gasteiger partial charge on any atom is 0.265 e. The second-order valence-electron chi connectivity index (χ2n) is 7.33. The van der Waals surface area contributed by atoms with Crippen molar-refractivity contribution in [2.45, 2.75) is 31.6 Å². The molecule has 8 nitrogen and oxygen atoms in total. The van der Waals surface area contributed by atoms with Crippen LogP contribution in [0.3, 0.4) is 0 Å². The Morgan fingerprint density at radius 3 is 2.55 bits per heavy atom. The average molecular weight is 438 g/mol. The van der Waals surface area contributed by atoms with E-state index in [1.807, 2.05) is 51.1 Å². The molecule has 2 aromatic heterocycles. The molecule has 0 aliphatic rings. The van der Waals surface area contributed by atoms with Gasteiger partial charge in [-0.25, -0.2) is 8.42 Å². The van der Waals surface area contributed by atoms with Gasteiger partial charge in [-0.3, -0.25) is 4.72 Å². The molecule has 160 valence electrons. The van der Waals surface area contributed by atoms with Crippen LogP contribution in [0.1, 0.15) is 32.3 Å². The van der Waals surface area contributed by atoms with Gasteiger partial charge in [-0.2, -0.15) is 9.61 Å². The molecule has 31 heavy (non-hydrogen) atoms. The number of nitrogens with one attached hydrogen (secondary N) is 1. The summed E-state index contributed by atoms with van der Waals surface area (Å²) in [5.41, 5.74) is 3.60. The predicted octanol–water partition coefficient (Wildman–Crippen LogP) is 4.11. The van der Waals surface area contributed by atoms with Crippen LogP contribution in [0, 0.1) is 0 Å². The third-order valence-electron chi connectivity index (χ3n) is 4.82. The molecule has 0 radical (unpaired) electrons. The summed E-state index contributed by atoms with van der Waals surface area (Å²) in [6, 6.07) is 16.0. The van der Waals surface area contributed by atoms with E-state index in [9.17, 15) is 8.42 Å². The van der Waals surface area contributed by atoms with Crippen molar-refractivity contribution in [3.05, 3.63) is 66.5 Å². The second kappa shape index (κ2) is 8.35. The van der Waals surface area contributed by atoms with Gasteiger partial charge in [0.2, 0.25) is 0 Å². The smallest absolute Gasteiger partial charge is 0.265 e. The largest absolute Gasteiger partial charge is 0.492 e. The predicted molar refractivity (Wildman–Crippen MR) is 119 cm³/mol. The van der Waals surface area contributed by atoms with E-state index in [4.69, 9.17) is 4.74 Å².